The van der Waals surface area contributed by atoms with Crippen LogP contribution in [0.5, 0.6) is 5.75 Å². The molecule has 0 radical (unpaired) electrons. The molecule has 2 aromatic rings. The Kier molecular flexibility index (Phi) is 4.92. The SMILES string of the molecule is Cc1ccc(OCC(=O)c2ccc(Cl)cc2Cl)c(Cl)c1. The number of hydrogen-bond acceptors (Lipinski definition) is 2. The number of carbonyl (C=O) groups is 1. The van der Waals surface area contributed by atoms with Crippen molar-refractivity contribution in [1.82, 2.24) is 0 Å². The number of benzene rings is 2. The fourth-order valence-corrected chi connectivity index (χ4v) is 2.46. The molecular weight excluding hydrogens is 319 g/mol. The number of aryl methyl sites for hydroxylation is 1. The third-order valence-electron chi connectivity index (χ3n) is 2.68. The molecule has 0 saturated carbocycles. The summed E-state index contributed by atoms with van der Waals surface area (Å²) in [5.74, 6) is 0.235. The molecule has 0 aliphatic carbocycles. The Labute approximate surface area is 132 Å². The Morgan fingerprint density at radius 3 is 2.45 bits per heavy atom. The monoisotopic (exact) mass is 328 g/mol. The van der Waals surface area contributed by atoms with Crippen LogP contribution in [0.15, 0.2) is 36.4 Å². The van der Waals surface area contributed by atoms with Gasteiger partial charge in [-0.1, -0.05) is 40.9 Å². The van der Waals surface area contributed by atoms with Gasteiger partial charge in [0.2, 0.25) is 5.78 Å². The van der Waals surface area contributed by atoms with Crippen molar-refractivity contribution in [1.29, 1.82) is 0 Å². The maximum atomic E-state index is 12.0. The summed E-state index contributed by atoms with van der Waals surface area (Å²) >= 11 is 17.8. The molecule has 0 unspecified atom stereocenters. The van der Waals surface area contributed by atoms with Crippen LogP contribution in [0.2, 0.25) is 15.1 Å². The van der Waals surface area contributed by atoms with E-state index in [4.69, 9.17) is 39.5 Å². The van der Waals surface area contributed by atoms with E-state index in [9.17, 15) is 4.79 Å². The minimum absolute atomic E-state index is 0.135. The summed E-state index contributed by atoms with van der Waals surface area (Å²) in [6, 6.07) is 10.1. The number of halogens is 3. The van der Waals surface area contributed by atoms with Crippen LogP contribution >= 0.6 is 34.8 Å². The third kappa shape index (κ3) is 3.66. The summed E-state index contributed by atoms with van der Waals surface area (Å²) in [6.45, 7) is 1.79. The van der Waals surface area contributed by atoms with Crippen molar-refractivity contribution >= 4 is 40.6 Å². The third-order valence-corrected chi connectivity index (χ3v) is 3.52. The maximum Gasteiger partial charge on any atom is 0.201 e. The van der Waals surface area contributed by atoms with Gasteiger partial charge in [-0.25, -0.2) is 0 Å². The zero-order valence-electron chi connectivity index (χ0n) is 10.6. The highest BCUT2D eigenvalue weighted by molar-refractivity contribution is 6.36. The Bertz CT molecular complexity index is 654. The molecule has 0 atom stereocenters. The predicted octanol–water partition coefficient (Wildman–Crippen LogP) is 5.22. The Morgan fingerprint density at radius 1 is 1.05 bits per heavy atom. The largest absolute Gasteiger partial charge is 0.484 e. The van der Waals surface area contributed by atoms with E-state index in [2.05, 4.69) is 0 Å². The lowest BCUT2D eigenvalue weighted by Gasteiger charge is -2.09. The van der Waals surface area contributed by atoms with E-state index in [0.717, 1.165) is 5.56 Å². The Hall–Kier alpha value is -1.22. The van der Waals surface area contributed by atoms with Gasteiger partial charge in [0, 0.05) is 10.6 Å². The van der Waals surface area contributed by atoms with Crippen LogP contribution in [0, 0.1) is 6.92 Å². The average molecular weight is 330 g/mol. The summed E-state index contributed by atoms with van der Waals surface area (Å²) in [5, 5.41) is 1.26. The first-order valence-corrected chi connectivity index (χ1v) is 6.98. The molecular formula is C15H11Cl3O2. The van der Waals surface area contributed by atoms with E-state index >= 15 is 0 Å². The highest BCUT2D eigenvalue weighted by Gasteiger charge is 2.12. The van der Waals surface area contributed by atoms with Gasteiger partial charge in [-0.3, -0.25) is 4.79 Å². The fraction of sp³-hybridized carbons (Fsp3) is 0.133. The molecule has 0 aromatic heterocycles. The first-order chi connectivity index (χ1) is 9.47. The van der Waals surface area contributed by atoms with Crippen molar-refractivity contribution < 1.29 is 9.53 Å². The summed E-state index contributed by atoms with van der Waals surface area (Å²) in [6.07, 6.45) is 0. The summed E-state index contributed by atoms with van der Waals surface area (Å²) in [4.78, 5) is 12.0. The van der Waals surface area contributed by atoms with Gasteiger partial charge in [0.1, 0.15) is 5.75 Å². The van der Waals surface area contributed by atoms with Gasteiger partial charge in [-0.2, -0.15) is 0 Å². The van der Waals surface area contributed by atoms with Crippen LogP contribution in [0.3, 0.4) is 0 Å². The predicted molar refractivity (Wildman–Crippen MR) is 82.5 cm³/mol. The van der Waals surface area contributed by atoms with E-state index < -0.39 is 0 Å². The van der Waals surface area contributed by atoms with E-state index in [1.165, 1.54) is 6.07 Å². The molecule has 0 aliphatic heterocycles. The number of rotatable bonds is 4. The Morgan fingerprint density at radius 2 is 1.80 bits per heavy atom. The Balaban J connectivity index is 2.08. The second-order valence-corrected chi connectivity index (χ2v) is 5.52. The maximum absolute atomic E-state index is 12.0. The lowest BCUT2D eigenvalue weighted by molar-refractivity contribution is 0.0922. The molecule has 0 fully saturated rings. The second kappa shape index (κ2) is 6.49. The summed E-state index contributed by atoms with van der Waals surface area (Å²) in [7, 11) is 0. The molecule has 0 N–H and O–H groups in total. The van der Waals surface area contributed by atoms with Gasteiger partial charge in [-0.15, -0.1) is 0 Å². The highest BCUT2D eigenvalue weighted by Crippen LogP contribution is 2.26. The quantitative estimate of drug-likeness (QED) is 0.719. The van der Waals surface area contributed by atoms with Crippen molar-refractivity contribution in [2.75, 3.05) is 6.61 Å². The number of carbonyl (C=O) groups excluding carboxylic acids is 1. The van der Waals surface area contributed by atoms with Gasteiger partial charge in [0.15, 0.2) is 6.61 Å². The molecule has 5 heteroatoms. The molecule has 0 amide bonds. The zero-order valence-corrected chi connectivity index (χ0v) is 12.9. The van der Waals surface area contributed by atoms with Crippen LogP contribution in [-0.4, -0.2) is 12.4 Å². The molecule has 0 bridgehead atoms. The lowest BCUT2D eigenvalue weighted by Crippen LogP contribution is -2.12. The number of Topliss-reactive ketones (excluding diaryl/α,β-unsaturated/α-hetero) is 1. The number of ether oxygens (including phenoxy) is 1. The van der Waals surface area contributed by atoms with Crippen molar-refractivity contribution in [3.8, 4) is 5.75 Å². The normalized spacial score (nSPS) is 10.4. The first kappa shape index (κ1) is 15.2. The summed E-state index contributed by atoms with van der Waals surface area (Å²) in [5.41, 5.74) is 1.40. The molecule has 2 aromatic carbocycles. The molecule has 2 rings (SSSR count). The van der Waals surface area contributed by atoms with Crippen molar-refractivity contribution in [2.45, 2.75) is 6.92 Å². The highest BCUT2D eigenvalue weighted by atomic mass is 35.5. The molecule has 0 saturated heterocycles. The molecule has 0 spiro atoms. The van der Waals surface area contributed by atoms with Gasteiger partial charge in [0.25, 0.3) is 0 Å². The molecule has 0 aliphatic rings. The second-order valence-electron chi connectivity index (χ2n) is 4.27. The number of hydrogen-bond donors (Lipinski definition) is 0. The molecule has 20 heavy (non-hydrogen) atoms. The summed E-state index contributed by atoms with van der Waals surface area (Å²) < 4.78 is 5.42. The topological polar surface area (TPSA) is 26.3 Å². The van der Waals surface area contributed by atoms with Crippen LogP contribution in [0.25, 0.3) is 0 Å². The van der Waals surface area contributed by atoms with Crippen LogP contribution in [0.4, 0.5) is 0 Å². The van der Waals surface area contributed by atoms with Gasteiger partial charge < -0.3 is 4.74 Å². The van der Waals surface area contributed by atoms with Crippen LogP contribution in [-0.2, 0) is 0 Å². The number of ketones is 1. The van der Waals surface area contributed by atoms with Crippen molar-refractivity contribution in [2.24, 2.45) is 0 Å². The average Bonchev–Trinajstić information content (AvgIpc) is 2.37. The molecule has 2 nitrogen and oxygen atoms in total. The standard InChI is InChI=1S/C15H11Cl3O2/c1-9-2-5-15(13(18)6-9)20-8-14(19)11-4-3-10(16)7-12(11)17/h2-7H,8H2,1H3. The smallest absolute Gasteiger partial charge is 0.201 e. The van der Waals surface area contributed by atoms with E-state index in [-0.39, 0.29) is 12.4 Å². The van der Waals surface area contributed by atoms with Gasteiger partial charge in [0.05, 0.1) is 10.0 Å². The minimum Gasteiger partial charge on any atom is -0.484 e. The van der Waals surface area contributed by atoms with E-state index in [1.54, 1.807) is 24.3 Å². The molecule has 104 valence electrons. The zero-order chi connectivity index (χ0) is 14.7. The minimum atomic E-state index is -0.233. The van der Waals surface area contributed by atoms with E-state index in [1.807, 2.05) is 13.0 Å². The fourth-order valence-electron chi connectivity index (χ4n) is 1.66. The van der Waals surface area contributed by atoms with Crippen LogP contribution in [0.1, 0.15) is 15.9 Å². The van der Waals surface area contributed by atoms with E-state index in [0.29, 0.717) is 26.4 Å². The van der Waals surface area contributed by atoms with Crippen LogP contribution < -0.4 is 4.74 Å². The van der Waals surface area contributed by atoms with Gasteiger partial charge >= 0.3 is 0 Å². The van der Waals surface area contributed by atoms with Crippen molar-refractivity contribution in [3.05, 3.63) is 62.6 Å². The molecule has 0 heterocycles. The first-order valence-electron chi connectivity index (χ1n) is 5.84. The lowest BCUT2D eigenvalue weighted by atomic mass is 10.1. The van der Waals surface area contributed by atoms with Crippen molar-refractivity contribution in [3.63, 3.8) is 0 Å². The van der Waals surface area contributed by atoms with Gasteiger partial charge in [-0.05, 0) is 42.8 Å².